The molecular weight excluding hydrogens is 382 g/mol. The third kappa shape index (κ3) is 3.29. The Labute approximate surface area is 176 Å². The summed E-state index contributed by atoms with van der Waals surface area (Å²) < 4.78 is 33.3. The summed E-state index contributed by atoms with van der Waals surface area (Å²) in [4.78, 5) is 5.80. The number of nitrogens with zero attached hydrogens (tertiary/aromatic N) is 1. The first-order valence-electron chi connectivity index (χ1n) is 10.7. The average Bonchev–Trinajstić information content (AvgIpc) is 3.21. The molecule has 2 fully saturated rings. The molecule has 1 aliphatic carbocycles. The molecule has 2 aliphatic rings. The number of nitrogens with one attached hydrogen (secondary N) is 1. The summed E-state index contributed by atoms with van der Waals surface area (Å²) in [6, 6.07) is 14.7. The van der Waals surface area contributed by atoms with Gasteiger partial charge in [-0.2, -0.15) is 0 Å². The number of hydrogen-bond acceptors (Lipinski definition) is 2. The van der Waals surface area contributed by atoms with E-state index in [0.717, 1.165) is 48.3 Å². The molecule has 0 bridgehead atoms. The van der Waals surface area contributed by atoms with Crippen molar-refractivity contribution < 1.29 is 13.5 Å². The van der Waals surface area contributed by atoms with Crippen LogP contribution in [0.25, 0.3) is 10.9 Å². The van der Waals surface area contributed by atoms with Gasteiger partial charge in [0.15, 0.2) is 0 Å². The highest BCUT2D eigenvalue weighted by Gasteiger charge is 2.58. The van der Waals surface area contributed by atoms with E-state index in [0.29, 0.717) is 0 Å². The molecule has 1 atom stereocenters. The van der Waals surface area contributed by atoms with Crippen LogP contribution in [0.2, 0.25) is 0 Å². The Balaban J connectivity index is 1.50. The Morgan fingerprint density at radius 1 is 1.17 bits per heavy atom. The van der Waals surface area contributed by atoms with Crippen LogP contribution in [0.1, 0.15) is 48.4 Å². The van der Waals surface area contributed by atoms with Crippen molar-refractivity contribution in [1.29, 1.82) is 0 Å². The second kappa shape index (κ2) is 7.09. The second-order valence-electron chi connectivity index (χ2n) is 9.20. The number of hydrogen-bond donors (Lipinski definition) is 1. The number of benzene rings is 2. The summed E-state index contributed by atoms with van der Waals surface area (Å²) in [5.41, 5.74) is 4.44. The van der Waals surface area contributed by atoms with Crippen molar-refractivity contribution in [2.45, 2.75) is 51.1 Å². The highest BCUT2D eigenvalue weighted by Crippen LogP contribution is 2.60. The fourth-order valence-corrected chi connectivity index (χ4v) is 5.72. The summed E-state index contributed by atoms with van der Waals surface area (Å²) in [7, 11) is 1.72. The molecule has 3 nitrogen and oxygen atoms in total. The van der Waals surface area contributed by atoms with Crippen LogP contribution in [-0.2, 0) is 6.54 Å². The van der Waals surface area contributed by atoms with E-state index >= 15 is 0 Å². The number of aromatic nitrogens is 1. The first-order chi connectivity index (χ1) is 14.4. The van der Waals surface area contributed by atoms with Crippen molar-refractivity contribution in [1.82, 2.24) is 9.88 Å². The fraction of sp³-hybridized carbons (Fsp3) is 0.440. The minimum atomic E-state index is -2.49. The zero-order valence-electron chi connectivity index (χ0n) is 17.6. The van der Waals surface area contributed by atoms with E-state index in [9.17, 15) is 8.78 Å². The van der Waals surface area contributed by atoms with Crippen LogP contribution in [0, 0.1) is 12.3 Å². The number of aromatic amines is 1. The molecule has 30 heavy (non-hydrogen) atoms. The molecule has 5 heteroatoms. The summed E-state index contributed by atoms with van der Waals surface area (Å²) in [5, 5.41) is 1.18. The Morgan fingerprint density at radius 2 is 1.93 bits per heavy atom. The number of ether oxygens (including phenoxy) is 1. The maximum atomic E-state index is 13.8. The number of fused-ring (bicyclic) bond motifs is 1. The molecule has 1 aromatic heterocycles. The highest BCUT2D eigenvalue weighted by molar-refractivity contribution is 5.88. The largest absolute Gasteiger partial charge is 0.496 e. The minimum Gasteiger partial charge on any atom is -0.496 e. The van der Waals surface area contributed by atoms with E-state index in [4.69, 9.17) is 4.74 Å². The van der Waals surface area contributed by atoms with E-state index in [-0.39, 0.29) is 24.3 Å². The quantitative estimate of drug-likeness (QED) is 0.552. The molecule has 158 valence electrons. The fourth-order valence-electron chi connectivity index (χ4n) is 5.72. The molecule has 0 amide bonds. The van der Waals surface area contributed by atoms with Gasteiger partial charge >= 0.3 is 0 Å². The van der Waals surface area contributed by atoms with Crippen LogP contribution in [0.5, 0.6) is 5.75 Å². The first-order valence-corrected chi connectivity index (χ1v) is 10.7. The van der Waals surface area contributed by atoms with Crippen molar-refractivity contribution in [3.05, 3.63) is 65.4 Å². The van der Waals surface area contributed by atoms with Crippen LogP contribution in [0.15, 0.2) is 48.7 Å². The van der Waals surface area contributed by atoms with Crippen LogP contribution in [0.4, 0.5) is 8.78 Å². The molecule has 0 radical (unpaired) electrons. The van der Waals surface area contributed by atoms with Crippen molar-refractivity contribution in [2.75, 3.05) is 13.7 Å². The number of halogens is 2. The van der Waals surface area contributed by atoms with Gasteiger partial charge < -0.3 is 9.72 Å². The SMILES string of the molecule is COc1cc(C)c2[nH]ccc2c1CN1CCC2(C[C@H]1c1ccccc1)CC(F)(F)C2. The number of likely N-dealkylation sites (tertiary alicyclic amines) is 1. The van der Waals surface area contributed by atoms with Crippen LogP contribution in [0.3, 0.4) is 0 Å². The van der Waals surface area contributed by atoms with Crippen molar-refractivity contribution in [3.8, 4) is 5.75 Å². The molecule has 2 heterocycles. The molecule has 1 saturated carbocycles. The number of aryl methyl sites for hydroxylation is 1. The van der Waals surface area contributed by atoms with Crippen molar-refractivity contribution in [3.63, 3.8) is 0 Å². The van der Waals surface area contributed by atoms with E-state index in [1.807, 2.05) is 24.4 Å². The Morgan fingerprint density at radius 3 is 2.63 bits per heavy atom. The third-order valence-corrected chi connectivity index (χ3v) is 7.14. The number of rotatable bonds is 4. The van der Waals surface area contributed by atoms with E-state index in [2.05, 4.69) is 41.1 Å². The predicted octanol–water partition coefficient (Wildman–Crippen LogP) is 6.24. The number of methoxy groups -OCH3 is 1. The van der Waals surface area contributed by atoms with Crippen LogP contribution >= 0.6 is 0 Å². The summed E-state index contributed by atoms with van der Waals surface area (Å²) in [5.74, 6) is -1.59. The van der Waals surface area contributed by atoms with Crippen LogP contribution < -0.4 is 4.74 Å². The van der Waals surface area contributed by atoms with Gasteiger partial charge in [0.05, 0.1) is 7.11 Å². The zero-order chi connectivity index (χ0) is 20.9. The van der Waals surface area contributed by atoms with Gasteiger partial charge in [-0.3, -0.25) is 4.90 Å². The van der Waals surface area contributed by atoms with Crippen molar-refractivity contribution in [2.24, 2.45) is 5.41 Å². The summed E-state index contributed by atoms with van der Waals surface area (Å²) in [6.45, 7) is 3.64. The Bertz CT molecular complexity index is 1050. The monoisotopic (exact) mass is 410 g/mol. The topological polar surface area (TPSA) is 28.3 Å². The molecule has 1 N–H and O–H groups in total. The van der Waals surface area contributed by atoms with Gasteiger partial charge in [0.2, 0.25) is 5.92 Å². The normalized spacial score (nSPS) is 22.9. The molecule has 1 spiro atoms. The molecule has 5 rings (SSSR count). The second-order valence-corrected chi connectivity index (χ2v) is 9.20. The smallest absolute Gasteiger partial charge is 0.249 e. The number of alkyl halides is 2. The van der Waals surface area contributed by atoms with Gasteiger partial charge in [-0.25, -0.2) is 8.78 Å². The molecule has 0 unspecified atom stereocenters. The van der Waals surface area contributed by atoms with E-state index in [1.165, 1.54) is 10.9 Å². The maximum Gasteiger partial charge on any atom is 0.249 e. The standard InChI is InChI=1S/C25H28F2N2O/c1-17-12-22(30-2)20(19-8-10-28-23(17)19)14-29-11-9-24(15-25(26,27)16-24)13-21(29)18-6-4-3-5-7-18/h3-8,10,12,21,28H,9,11,13-16H2,1-2H3/t21-/m0/s1. The highest BCUT2D eigenvalue weighted by atomic mass is 19.3. The van der Waals surface area contributed by atoms with Gasteiger partial charge in [-0.15, -0.1) is 0 Å². The average molecular weight is 411 g/mol. The molecule has 1 aliphatic heterocycles. The van der Waals surface area contributed by atoms with Crippen LogP contribution in [-0.4, -0.2) is 29.5 Å². The van der Waals surface area contributed by atoms with Crippen molar-refractivity contribution >= 4 is 10.9 Å². The first kappa shape index (κ1) is 19.6. The lowest BCUT2D eigenvalue weighted by Gasteiger charge is -2.54. The molecule has 3 aromatic rings. The zero-order valence-corrected chi connectivity index (χ0v) is 17.6. The van der Waals surface area contributed by atoms with Gasteiger partial charge in [-0.05, 0) is 55.0 Å². The summed E-state index contributed by atoms with van der Waals surface area (Å²) >= 11 is 0. The van der Waals surface area contributed by atoms with Gasteiger partial charge in [0.25, 0.3) is 0 Å². The van der Waals surface area contributed by atoms with Gasteiger partial charge in [0.1, 0.15) is 5.75 Å². The molecular formula is C25H28F2N2O. The number of H-pyrrole nitrogens is 1. The summed E-state index contributed by atoms with van der Waals surface area (Å²) in [6.07, 6.45) is 3.66. The predicted molar refractivity (Wildman–Crippen MR) is 115 cm³/mol. The van der Waals surface area contributed by atoms with Gasteiger partial charge in [0, 0.05) is 48.1 Å². The lowest BCUT2D eigenvalue weighted by Crippen LogP contribution is -2.53. The van der Waals surface area contributed by atoms with E-state index in [1.54, 1.807) is 7.11 Å². The molecule has 1 saturated heterocycles. The Kier molecular flexibility index (Phi) is 4.62. The third-order valence-electron chi connectivity index (χ3n) is 7.14. The maximum absolute atomic E-state index is 13.8. The van der Waals surface area contributed by atoms with Gasteiger partial charge in [-0.1, -0.05) is 30.3 Å². The molecule has 2 aromatic carbocycles. The Hall–Kier alpha value is -2.40. The lowest BCUT2D eigenvalue weighted by molar-refractivity contribution is -0.186. The minimum absolute atomic E-state index is 0.0348. The number of piperidine rings is 1. The van der Waals surface area contributed by atoms with E-state index < -0.39 is 5.92 Å². The lowest BCUT2D eigenvalue weighted by atomic mass is 9.59.